The van der Waals surface area contributed by atoms with Gasteiger partial charge in [0.05, 0.1) is 11.2 Å². The monoisotopic (exact) mass is 338 g/mol. The van der Waals surface area contributed by atoms with Crippen molar-refractivity contribution in [2.45, 2.75) is 38.9 Å². The van der Waals surface area contributed by atoms with E-state index in [1.807, 2.05) is 33.8 Å². The first kappa shape index (κ1) is 17.6. The zero-order valence-corrected chi connectivity index (χ0v) is 14.9. The van der Waals surface area contributed by atoms with Crippen molar-refractivity contribution in [1.82, 2.24) is 0 Å². The highest BCUT2D eigenvalue weighted by Gasteiger charge is 2.52. The van der Waals surface area contributed by atoms with Gasteiger partial charge in [-0.2, -0.15) is 12.6 Å². The van der Waals surface area contributed by atoms with Crippen molar-refractivity contribution in [3.05, 3.63) is 39.8 Å². The SMILES string of the molecule is CC1(C)OB(C(=Cc2cc(Cl)ccc2C=O)CS)OC1(C)C. The van der Waals surface area contributed by atoms with E-state index in [2.05, 4.69) is 12.6 Å². The van der Waals surface area contributed by atoms with Gasteiger partial charge in [-0.05, 0) is 56.9 Å². The third-order valence-electron chi connectivity index (χ3n) is 4.26. The molecular formula is C16H20BClO3S. The molecule has 2 rings (SSSR count). The molecule has 118 valence electrons. The Morgan fingerprint density at radius 2 is 1.82 bits per heavy atom. The number of hydrogen-bond acceptors (Lipinski definition) is 4. The minimum absolute atomic E-state index is 0.415. The van der Waals surface area contributed by atoms with Gasteiger partial charge in [0, 0.05) is 16.3 Å². The second kappa shape index (κ2) is 6.40. The maximum absolute atomic E-state index is 11.2. The molecule has 0 spiro atoms. The molecule has 0 atom stereocenters. The lowest BCUT2D eigenvalue weighted by Crippen LogP contribution is -2.41. The number of halogens is 1. The molecule has 1 aliphatic rings. The van der Waals surface area contributed by atoms with Crippen molar-refractivity contribution in [3.63, 3.8) is 0 Å². The van der Waals surface area contributed by atoms with Crippen LogP contribution in [0, 0.1) is 0 Å². The molecule has 0 bridgehead atoms. The van der Waals surface area contributed by atoms with Crippen LogP contribution in [0.5, 0.6) is 0 Å². The summed E-state index contributed by atoms with van der Waals surface area (Å²) in [5, 5.41) is 0.573. The third-order valence-corrected chi connectivity index (χ3v) is 4.86. The fraction of sp³-hybridized carbons (Fsp3) is 0.438. The lowest BCUT2D eigenvalue weighted by molar-refractivity contribution is 0.00578. The van der Waals surface area contributed by atoms with Crippen LogP contribution in [-0.4, -0.2) is 30.4 Å². The van der Waals surface area contributed by atoms with Crippen LogP contribution >= 0.6 is 24.2 Å². The molecule has 1 aromatic carbocycles. The van der Waals surface area contributed by atoms with E-state index < -0.39 is 18.3 Å². The zero-order chi connectivity index (χ0) is 16.5. The lowest BCUT2D eigenvalue weighted by Gasteiger charge is -2.32. The van der Waals surface area contributed by atoms with Crippen LogP contribution < -0.4 is 0 Å². The molecule has 1 saturated heterocycles. The van der Waals surface area contributed by atoms with Crippen molar-refractivity contribution in [1.29, 1.82) is 0 Å². The number of rotatable bonds is 4. The van der Waals surface area contributed by atoms with E-state index in [1.54, 1.807) is 18.2 Å². The lowest BCUT2D eigenvalue weighted by atomic mass is 9.78. The molecule has 1 fully saturated rings. The number of carbonyl (C=O) groups is 1. The standard InChI is InChI=1S/C16H20BClO3S/c1-15(2)16(3,4)21-17(20-15)13(10-22)7-12-8-14(18)6-5-11(12)9-19/h5-9,22H,10H2,1-4H3. The Labute approximate surface area is 142 Å². The Morgan fingerprint density at radius 3 is 2.32 bits per heavy atom. The first-order valence-electron chi connectivity index (χ1n) is 7.12. The van der Waals surface area contributed by atoms with E-state index in [1.165, 1.54) is 0 Å². The predicted molar refractivity (Wildman–Crippen MR) is 94.8 cm³/mol. The fourth-order valence-electron chi connectivity index (χ4n) is 2.16. The molecule has 0 saturated carbocycles. The van der Waals surface area contributed by atoms with E-state index in [0.29, 0.717) is 16.3 Å². The van der Waals surface area contributed by atoms with Crippen LogP contribution in [0.2, 0.25) is 5.02 Å². The number of benzene rings is 1. The van der Waals surface area contributed by atoms with Crippen LogP contribution in [0.4, 0.5) is 0 Å². The summed E-state index contributed by atoms with van der Waals surface area (Å²) >= 11 is 10.4. The van der Waals surface area contributed by atoms with Gasteiger partial charge in [0.1, 0.15) is 0 Å². The Hall–Kier alpha value is -0.745. The van der Waals surface area contributed by atoms with Crippen molar-refractivity contribution in [2.75, 3.05) is 5.75 Å². The van der Waals surface area contributed by atoms with E-state index in [9.17, 15) is 4.79 Å². The highest BCUT2D eigenvalue weighted by atomic mass is 35.5. The van der Waals surface area contributed by atoms with Crippen molar-refractivity contribution in [2.24, 2.45) is 0 Å². The Morgan fingerprint density at radius 1 is 1.23 bits per heavy atom. The molecule has 0 N–H and O–H groups in total. The number of thiol groups is 1. The van der Waals surface area contributed by atoms with E-state index in [0.717, 1.165) is 17.3 Å². The Kier molecular flexibility index (Phi) is 5.12. The maximum Gasteiger partial charge on any atom is 0.491 e. The van der Waals surface area contributed by atoms with Crippen LogP contribution in [0.1, 0.15) is 43.6 Å². The number of aldehydes is 1. The van der Waals surface area contributed by atoms with Gasteiger partial charge in [-0.3, -0.25) is 4.79 Å². The summed E-state index contributed by atoms with van der Waals surface area (Å²) in [4.78, 5) is 11.2. The van der Waals surface area contributed by atoms with Gasteiger partial charge in [0.25, 0.3) is 0 Å². The second-order valence-electron chi connectivity index (χ2n) is 6.36. The largest absolute Gasteiger partial charge is 0.491 e. The number of carbonyl (C=O) groups excluding carboxylic acids is 1. The molecule has 0 amide bonds. The summed E-state index contributed by atoms with van der Waals surface area (Å²) in [7, 11) is -0.485. The van der Waals surface area contributed by atoms with Gasteiger partial charge in [-0.25, -0.2) is 0 Å². The average molecular weight is 339 g/mol. The van der Waals surface area contributed by atoms with E-state index >= 15 is 0 Å². The van der Waals surface area contributed by atoms with Crippen LogP contribution in [-0.2, 0) is 9.31 Å². The summed E-state index contributed by atoms with van der Waals surface area (Å²) in [6.45, 7) is 8.00. The van der Waals surface area contributed by atoms with Crippen molar-refractivity contribution in [3.8, 4) is 0 Å². The molecule has 1 heterocycles. The molecular weight excluding hydrogens is 319 g/mol. The summed E-state index contributed by atoms with van der Waals surface area (Å²) in [6.07, 6.45) is 2.67. The molecule has 1 aromatic rings. The minimum atomic E-state index is -0.485. The molecule has 1 aliphatic heterocycles. The molecule has 0 unspecified atom stereocenters. The zero-order valence-electron chi connectivity index (χ0n) is 13.2. The highest BCUT2D eigenvalue weighted by Crippen LogP contribution is 2.39. The smallest absolute Gasteiger partial charge is 0.400 e. The number of hydrogen-bond donors (Lipinski definition) is 1. The van der Waals surface area contributed by atoms with Gasteiger partial charge < -0.3 is 9.31 Å². The molecule has 6 heteroatoms. The topological polar surface area (TPSA) is 35.5 Å². The van der Waals surface area contributed by atoms with Crippen LogP contribution in [0.3, 0.4) is 0 Å². The van der Waals surface area contributed by atoms with Gasteiger partial charge in [-0.1, -0.05) is 17.7 Å². The predicted octanol–water partition coefficient (Wildman–Crippen LogP) is 4.10. The quantitative estimate of drug-likeness (QED) is 0.510. The molecule has 3 nitrogen and oxygen atoms in total. The summed E-state index contributed by atoms with van der Waals surface area (Å²) < 4.78 is 12.1. The van der Waals surface area contributed by atoms with Gasteiger partial charge in [-0.15, -0.1) is 0 Å². The van der Waals surface area contributed by atoms with Crippen molar-refractivity contribution >= 4 is 43.7 Å². The summed E-state index contributed by atoms with van der Waals surface area (Å²) in [5.74, 6) is 0.460. The highest BCUT2D eigenvalue weighted by molar-refractivity contribution is 7.80. The van der Waals surface area contributed by atoms with Gasteiger partial charge >= 0.3 is 7.12 Å². The second-order valence-corrected chi connectivity index (χ2v) is 7.11. The van der Waals surface area contributed by atoms with E-state index in [-0.39, 0.29) is 0 Å². The van der Waals surface area contributed by atoms with E-state index in [4.69, 9.17) is 20.9 Å². The normalized spacial score (nSPS) is 20.3. The van der Waals surface area contributed by atoms with Crippen molar-refractivity contribution < 1.29 is 14.1 Å². The molecule has 0 radical (unpaired) electrons. The maximum atomic E-state index is 11.2. The molecule has 0 aliphatic carbocycles. The minimum Gasteiger partial charge on any atom is -0.400 e. The first-order valence-corrected chi connectivity index (χ1v) is 8.13. The third kappa shape index (κ3) is 3.43. The van der Waals surface area contributed by atoms with Gasteiger partial charge in [0.15, 0.2) is 6.29 Å². The first-order chi connectivity index (χ1) is 10.2. The Balaban J connectivity index is 2.38. The molecule has 22 heavy (non-hydrogen) atoms. The molecule has 0 aromatic heterocycles. The van der Waals surface area contributed by atoms with Crippen LogP contribution in [0.15, 0.2) is 23.7 Å². The van der Waals surface area contributed by atoms with Crippen LogP contribution in [0.25, 0.3) is 6.08 Å². The summed E-state index contributed by atoms with van der Waals surface area (Å²) in [6, 6.07) is 5.14. The fourth-order valence-corrected chi connectivity index (χ4v) is 2.58. The summed E-state index contributed by atoms with van der Waals surface area (Å²) in [5.41, 5.74) is 1.33. The Bertz CT molecular complexity index is 597. The average Bonchev–Trinajstić information content (AvgIpc) is 2.64. The van der Waals surface area contributed by atoms with Gasteiger partial charge in [0.2, 0.25) is 0 Å².